The number of methoxy groups -OCH3 is 1. The molecule has 2 amide bonds. The van der Waals surface area contributed by atoms with E-state index in [1.807, 2.05) is 62.4 Å². The number of nitrogens with zero attached hydrogens (tertiary/aromatic N) is 3. The first-order valence-corrected chi connectivity index (χ1v) is 10.7. The summed E-state index contributed by atoms with van der Waals surface area (Å²) >= 11 is 0. The van der Waals surface area contributed by atoms with Crippen LogP contribution >= 0.6 is 0 Å². The highest BCUT2D eigenvalue weighted by molar-refractivity contribution is 5.86. The lowest BCUT2D eigenvalue weighted by molar-refractivity contribution is 0.199. The van der Waals surface area contributed by atoms with Crippen molar-refractivity contribution in [3.63, 3.8) is 0 Å². The van der Waals surface area contributed by atoms with Crippen LogP contribution in [0, 0.1) is 12.8 Å². The Bertz CT molecular complexity index is 1150. The predicted octanol–water partition coefficient (Wildman–Crippen LogP) is 5.21. The maximum atomic E-state index is 13.0. The molecule has 7 heteroatoms. The van der Waals surface area contributed by atoms with E-state index in [1.54, 1.807) is 12.0 Å². The lowest BCUT2D eigenvalue weighted by Gasteiger charge is -2.36. The number of carbonyl (C=O) groups excluding carboxylic acids is 1. The highest BCUT2D eigenvalue weighted by Gasteiger charge is 2.35. The van der Waals surface area contributed by atoms with Gasteiger partial charge in [0.15, 0.2) is 0 Å². The second-order valence-electron chi connectivity index (χ2n) is 8.45. The van der Waals surface area contributed by atoms with E-state index in [-0.39, 0.29) is 6.03 Å². The molecule has 0 fully saturated rings. The topological polar surface area (TPSA) is 80.5 Å². The van der Waals surface area contributed by atoms with Gasteiger partial charge < -0.3 is 14.6 Å². The molecule has 1 N–H and O–H groups in total. The van der Waals surface area contributed by atoms with E-state index >= 15 is 0 Å². The van der Waals surface area contributed by atoms with Crippen molar-refractivity contribution in [2.45, 2.75) is 33.7 Å². The summed E-state index contributed by atoms with van der Waals surface area (Å²) in [5, 5.41) is 7.35. The number of urea groups is 1. The van der Waals surface area contributed by atoms with E-state index in [0.29, 0.717) is 24.2 Å². The van der Waals surface area contributed by atoms with E-state index in [2.05, 4.69) is 24.3 Å². The van der Waals surface area contributed by atoms with Gasteiger partial charge in [0.25, 0.3) is 5.89 Å². The Kier molecular flexibility index (Phi) is 5.99. The minimum Gasteiger partial charge on any atom is -0.497 e. The van der Waals surface area contributed by atoms with Crippen LogP contribution in [0.25, 0.3) is 17.0 Å². The lowest BCUT2D eigenvalue weighted by Crippen LogP contribution is -2.47. The second kappa shape index (κ2) is 8.86. The summed E-state index contributed by atoms with van der Waals surface area (Å²) in [6.07, 6.45) is 0. The molecular weight excluding hydrogens is 404 g/mol. The minimum absolute atomic E-state index is 0.140. The highest BCUT2D eigenvalue weighted by Crippen LogP contribution is 2.38. The molecule has 0 radical (unpaired) electrons. The van der Waals surface area contributed by atoms with Crippen molar-refractivity contribution in [1.82, 2.24) is 20.4 Å². The molecule has 1 unspecified atom stereocenters. The molecule has 2 aromatic carbocycles. The summed E-state index contributed by atoms with van der Waals surface area (Å²) in [7, 11) is 1.63. The van der Waals surface area contributed by atoms with Crippen LogP contribution in [0.1, 0.15) is 43.8 Å². The lowest BCUT2D eigenvalue weighted by atomic mass is 9.94. The number of allylic oxidation sites excluding steroid dienone is 1. The average Bonchev–Trinajstić information content (AvgIpc) is 3.26. The SMILES string of the molecule is COc1ccc(C2NC(=O)N(CC(C)C)C(C)=C2c2nc(-c3cccc(C)c3)no2)cc1. The third-order valence-corrected chi connectivity index (χ3v) is 5.53. The van der Waals surface area contributed by atoms with E-state index in [4.69, 9.17) is 14.2 Å². The van der Waals surface area contributed by atoms with Crippen LogP contribution in [0.5, 0.6) is 5.75 Å². The van der Waals surface area contributed by atoms with Gasteiger partial charge in [0.1, 0.15) is 5.75 Å². The molecule has 0 aliphatic carbocycles. The maximum absolute atomic E-state index is 13.0. The van der Waals surface area contributed by atoms with Crippen LogP contribution in [-0.2, 0) is 0 Å². The van der Waals surface area contributed by atoms with Crippen LogP contribution in [0.4, 0.5) is 4.79 Å². The molecule has 0 saturated heterocycles. The fourth-order valence-electron chi connectivity index (χ4n) is 3.92. The molecule has 0 spiro atoms. The number of aromatic nitrogens is 2. The molecule has 1 atom stereocenters. The Morgan fingerprint density at radius 2 is 1.91 bits per heavy atom. The summed E-state index contributed by atoms with van der Waals surface area (Å²) in [6, 6.07) is 15.0. The van der Waals surface area contributed by atoms with Gasteiger partial charge in [-0.25, -0.2) is 4.79 Å². The van der Waals surface area contributed by atoms with Gasteiger partial charge >= 0.3 is 6.03 Å². The van der Waals surface area contributed by atoms with Gasteiger partial charge in [-0.05, 0) is 43.5 Å². The molecule has 3 aromatic rings. The molecule has 32 heavy (non-hydrogen) atoms. The Balaban J connectivity index is 1.80. The van der Waals surface area contributed by atoms with Crippen molar-refractivity contribution in [3.8, 4) is 17.1 Å². The zero-order chi connectivity index (χ0) is 22.8. The van der Waals surface area contributed by atoms with Crippen LogP contribution in [-0.4, -0.2) is 34.7 Å². The van der Waals surface area contributed by atoms with Crippen molar-refractivity contribution in [2.24, 2.45) is 5.92 Å². The van der Waals surface area contributed by atoms with Crippen molar-refractivity contribution in [1.29, 1.82) is 0 Å². The predicted molar refractivity (Wildman–Crippen MR) is 123 cm³/mol. The van der Waals surface area contributed by atoms with E-state index < -0.39 is 6.04 Å². The van der Waals surface area contributed by atoms with Gasteiger partial charge in [-0.1, -0.05) is 54.9 Å². The van der Waals surface area contributed by atoms with Crippen molar-refractivity contribution >= 4 is 11.6 Å². The standard InChI is InChI=1S/C25H28N4O3/c1-15(2)14-29-17(4)21(22(26-25(29)30)18-9-11-20(31-5)12-10-18)24-27-23(28-32-24)19-8-6-7-16(3)13-19/h6-13,15,22H,14H2,1-5H3,(H,26,30). The number of amides is 2. The number of nitrogens with one attached hydrogen (secondary N) is 1. The van der Waals surface area contributed by atoms with Crippen molar-refractivity contribution in [2.75, 3.05) is 13.7 Å². The van der Waals surface area contributed by atoms with Crippen LogP contribution in [0.15, 0.2) is 58.8 Å². The zero-order valence-corrected chi connectivity index (χ0v) is 19.0. The Labute approximate surface area is 188 Å². The van der Waals surface area contributed by atoms with Gasteiger partial charge in [-0.15, -0.1) is 0 Å². The number of benzene rings is 2. The molecule has 0 saturated carbocycles. The minimum atomic E-state index is -0.414. The van der Waals surface area contributed by atoms with Crippen LogP contribution in [0.3, 0.4) is 0 Å². The van der Waals surface area contributed by atoms with E-state index in [0.717, 1.165) is 33.7 Å². The molecule has 166 valence electrons. The third-order valence-electron chi connectivity index (χ3n) is 5.53. The molecule has 2 heterocycles. The summed E-state index contributed by atoms with van der Waals surface area (Å²) in [5.74, 6) is 1.97. The smallest absolute Gasteiger partial charge is 0.322 e. The second-order valence-corrected chi connectivity index (χ2v) is 8.45. The number of ether oxygens (including phenoxy) is 1. The molecule has 0 bridgehead atoms. The Morgan fingerprint density at radius 1 is 1.16 bits per heavy atom. The van der Waals surface area contributed by atoms with E-state index in [1.165, 1.54) is 0 Å². The summed E-state index contributed by atoms with van der Waals surface area (Å²) in [5.41, 5.74) is 4.52. The summed E-state index contributed by atoms with van der Waals surface area (Å²) in [6.45, 7) is 8.72. The number of hydrogen-bond acceptors (Lipinski definition) is 5. The molecule has 1 aliphatic heterocycles. The normalized spacial score (nSPS) is 16.5. The average molecular weight is 433 g/mol. The van der Waals surface area contributed by atoms with Crippen molar-refractivity contribution < 1.29 is 14.1 Å². The molecule has 1 aliphatic rings. The number of carbonyl (C=O) groups is 1. The molecule has 1 aromatic heterocycles. The first-order chi connectivity index (χ1) is 15.4. The maximum Gasteiger partial charge on any atom is 0.322 e. The Morgan fingerprint density at radius 3 is 2.56 bits per heavy atom. The van der Waals surface area contributed by atoms with Gasteiger partial charge in [0.2, 0.25) is 5.82 Å². The summed E-state index contributed by atoms with van der Waals surface area (Å²) in [4.78, 5) is 19.4. The number of rotatable bonds is 6. The third kappa shape index (κ3) is 4.23. The van der Waals surface area contributed by atoms with Gasteiger partial charge in [0.05, 0.1) is 18.7 Å². The zero-order valence-electron chi connectivity index (χ0n) is 19.0. The highest BCUT2D eigenvalue weighted by atomic mass is 16.5. The molecular formula is C25H28N4O3. The van der Waals surface area contributed by atoms with Crippen LogP contribution in [0.2, 0.25) is 0 Å². The van der Waals surface area contributed by atoms with Crippen LogP contribution < -0.4 is 10.1 Å². The number of aryl methyl sites for hydroxylation is 1. The fraction of sp³-hybridized carbons (Fsp3) is 0.320. The van der Waals surface area contributed by atoms with Gasteiger partial charge in [-0.2, -0.15) is 4.98 Å². The summed E-state index contributed by atoms with van der Waals surface area (Å²) < 4.78 is 11.0. The molecule has 4 rings (SSSR count). The largest absolute Gasteiger partial charge is 0.497 e. The number of hydrogen-bond donors (Lipinski definition) is 1. The van der Waals surface area contributed by atoms with E-state index in [9.17, 15) is 4.79 Å². The fourth-order valence-corrected chi connectivity index (χ4v) is 3.92. The van der Waals surface area contributed by atoms with Gasteiger partial charge in [0, 0.05) is 17.8 Å². The van der Waals surface area contributed by atoms with Gasteiger partial charge in [-0.3, -0.25) is 4.90 Å². The molecule has 7 nitrogen and oxygen atoms in total. The quantitative estimate of drug-likeness (QED) is 0.579. The first kappa shape index (κ1) is 21.6. The monoisotopic (exact) mass is 432 g/mol. The van der Waals surface area contributed by atoms with Crippen molar-refractivity contribution in [3.05, 3.63) is 71.2 Å². The Hall–Kier alpha value is -3.61. The first-order valence-electron chi connectivity index (χ1n) is 10.7.